The second-order valence-electron chi connectivity index (χ2n) is 7.13. The van der Waals surface area contributed by atoms with E-state index in [1.54, 1.807) is 18.2 Å². The standard InChI is InChI=1S/C21H26N2O5S/c1-15-6-8-18(16(2)13-15)22-21(24)5-4-10-23(29(3,25)26)17-7-9-19-20(14-17)28-12-11-27-19/h6-9,13-14H,4-5,10-12H2,1-3H3,(H,22,24). The first-order valence-electron chi connectivity index (χ1n) is 9.48. The van der Waals surface area contributed by atoms with Gasteiger partial charge in [0.25, 0.3) is 0 Å². The van der Waals surface area contributed by atoms with Gasteiger partial charge in [-0.2, -0.15) is 0 Å². The molecule has 1 amide bonds. The summed E-state index contributed by atoms with van der Waals surface area (Å²) in [5, 5.41) is 2.89. The van der Waals surface area contributed by atoms with E-state index >= 15 is 0 Å². The second-order valence-corrected chi connectivity index (χ2v) is 9.04. The number of carbonyl (C=O) groups excluding carboxylic acids is 1. The van der Waals surface area contributed by atoms with Crippen LogP contribution in [0.15, 0.2) is 36.4 Å². The van der Waals surface area contributed by atoms with Crippen LogP contribution >= 0.6 is 0 Å². The Labute approximate surface area is 171 Å². The van der Waals surface area contributed by atoms with E-state index in [4.69, 9.17) is 9.47 Å². The first-order valence-corrected chi connectivity index (χ1v) is 11.3. The summed E-state index contributed by atoms with van der Waals surface area (Å²) in [5.74, 6) is 0.976. The molecule has 0 aliphatic carbocycles. The van der Waals surface area contributed by atoms with E-state index in [1.165, 1.54) is 4.31 Å². The molecule has 2 aromatic rings. The maximum Gasteiger partial charge on any atom is 0.232 e. The normalized spacial score (nSPS) is 13.1. The van der Waals surface area contributed by atoms with E-state index in [1.807, 2.05) is 32.0 Å². The summed E-state index contributed by atoms with van der Waals surface area (Å²) >= 11 is 0. The van der Waals surface area contributed by atoms with Crippen molar-refractivity contribution in [3.8, 4) is 11.5 Å². The summed E-state index contributed by atoms with van der Waals surface area (Å²) in [4.78, 5) is 12.3. The van der Waals surface area contributed by atoms with Gasteiger partial charge in [0.2, 0.25) is 15.9 Å². The molecule has 3 rings (SSSR count). The number of hydrogen-bond acceptors (Lipinski definition) is 5. The summed E-state index contributed by atoms with van der Waals surface area (Å²) in [6, 6.07) is 10.9. The molecule has 0 spiro atoms. The van der Waals surface area contributed by atoms with Crippen LogP contribution in [0, 0.1) is 13.8 Å². The molecule has 156 valence electrons. The molecule has 0 fully saturated rings. The number of anilines is 2. The minimum absolute atomic E-state index is 0.146. The summed E-state index contributed by atoms with van der Waals surface area (Å²) < 4.78 is 36.9. The van der Waals surface area contributed by atoms with Gasteiger partial charge in [-0.25, -0.2) is 8.42 Å². The Balaban J connectivity index is 1.63. The molecule has 0 aromatic heterocycles. The second kappa shape index (κ2) is 8.73. The van der Waals surface area contributed by atoms with Gasteiger partial charge < -0.3 is 14.8 Å². The van der Waals surface area contributed by atoms with Gasteiger partial charge in [-0.3, -0.25) is 9.10 Å². The van der Waals surface area contributed by atoms with Crippen molar-refractivity contribution in [1.82, 2.24) is 0 Å². The quantitative estimate of drug-likeness (QED) is 0.746. The topological polar surface area (TPSA) is 84.9 Å². The lowest BCUT2D eigenvalue weighted by molar-refractivity contribution is -0.116. The van der Waals surface area contributed by atoms with E-state index in [9.17, 15) is 13.2 Å². The van der Waals surface area contributed by atoms with Crippen molar-refractivity contribution >= 4 is 27.3 Å². The highest BCUT2D eigenvalue weighted by molar-refractivity contribution is 7.92. The molecule has 0 atom stereocenters. The van der Waals surface area contributed by atoms with Gasteiger partial charge in [-0.05, 0) is 44.0 Å². The van der Waals surface area contributed by atoms with Crippen molar-refractivity contribution in [2.24, 2.45) is 0 Å². The van der Waals surface area contributed by atoms with Gasteiger partial charge in [0.1, 0.15) is 13.2 Å². The average molecular weight is 419 g/mol. The highest BCUT2D eigenvalue weighted by Crippen LogP contribution is 2.34. The largest absolute Gasteiger partial charge is 0.486 e. The molecule has 1 aliphatic heterocycles. The molecule has 8 heteroatoms. The lowest BCUT2D eigenvalue weighted by atomic mass is 10.1. The molecule has 1 N–H and O–H groups in total. The van der Waals surface area contributed by atoms with E-state index < -0.39 is 10.0 Å². The predicted octanol–water partition coefficient (Wildman–Crippen LogP) is 3.26. The number of benzene rings is 2. The Bertz CT molecular complexity index is 1000. The van der Waals surface area contributed by atoms with E-state index in [2.05, 4.69) is 5.32 Å². The number of fused-ring (bicyclic) bond motifs is 1. The van der Waals surface area contributed by atoms with Crippen LogP contribution in [0.5, 0.6) is 11.5 Å². The van der Waals surface area contributed by atoms with Crippen molar-refractivity contribution < 1.29 is 22.7 Å². The molecule has 1 aliphatic rings. The number of sulfonamides is 1. The number of nitrogens with zero attached hydrogens (tertiary/aromatic N) is 1. The Morgan fingerprint density at radius 3 is 2.48 bits per heavy atom. The summed E-state index contributed by atoms with van der Waals surface area (Å²) in [6.45, 7) is 5.02. The third-order valence-electron chi connectivity index (χ3n) is 4.64. The fourth-order valence-corrected chi connectivity index (χ4v) is 4.18. The molecule has 0 saturated heterocycles. The summed E-state index contributed by atoms with van der Waals surface area (Å²) in [6.07, 6.45) is 1.75. The summed E-state index contributed by atoms with van der Waals surface area (Å²) in [7, 11) is -3.51. The van der Waals surface area contributed by atoms with Crippen molar-refractivity contribution in [1.29, 1.82) is 0 Å². The van der Waals surface area contributed by atoms with E-state index in [0.29, 0.717) is 36.8 Å². The SMILES string of the molecule is Cc1ccc(NC(=O)CCCN(c2ccc3c(c2)OCCO3)S(C)(=O)=O)c(C)c1. The highest BCUT2D eigenvalue weighted by Gasteiger charge is 2.21. The van der Waals surface area contributed by atoms with Crippen LogP contribution in [0.2, 0.25) is 0 Å². The van der Waals surface area contributed by atoms with Gasteiger partial charge in [0, 0.05) is 24.7 Å². The maximum absolute atomic E-state index is 12.3. The van der Waals surface area contributed by atoms with E-state index in [-0.39, 0.29) is 18.9 Å². The van der Waals surface area contributed by atoms with E-state index in [0.717, 1.165) is 23.1 Å². The van der Waals surface area contributed by atoms with Crippen molar-refractivity contribution in [3.63, 3.8) is 0 Å². The zero-order valence-electron chi connectivity index (χ0n) is 16.9. The van der Waals surface area contributed by atoms with Crippen LogP contribution in [0.25, 0.3) is 0 Å². The fourth-order valence-electron chi connectivity index (χ4n) is 3.22. The van der Waals surface area contributed by atoms with Crippen molar-refractivity contribution in [2.75, 3.05) is 35.6 Å². The molecular formula is C21H26N2O5S. The van der Waals surface area contributed by atoms with Crippen LogP contribution in [0.3, 0.4) is 0 Å². The minimum atomic E-state index is -3.51. The Morgan fingerprint density at radius 2 is 1.79 bits per heavy atom. The third-order valence-corrected chi connectivity index (χ3v) is 5.83. The molecule has 29 heavy (non-hydrogen) atoms. The molecule has 0 unspecified atom stereocenters. The van der Waals surface area contributed by atoms with Gasteiger partial charge in [0.15, 0.2) is 11.5 Å². The first-order chi connectivity index (χ1) is 13.7. The zero-order chi connectivity index (χ0) is 21.0. The van der Waals surface area contributed by atoms with Gasteiger partial charge >= 0.3 is 0 Å². The Morgan fingerprint density at radius 1 is 1.07 bits per heavy atom. The summed E-state index contributed by atoms with van der Waals surface area (Å²) in [5.41, 5.74) is 3.38. The lowest BCUT2D eigenvalue weighted by Crippen LogP contribution is -2.31. The van der Waals surface area contributed by atoms with Crippen LogP contribution in [0.1, 0.15) is 24.0 Å². The Kier molecular flexibility index (Phi) is 6.32. The first kappa shape index (κ1) is 21.0. The minimum Gasteiger partial charge on any atom is -0.486 e. The highest BCUT2D eigenvalue weighted by atomic mass is 32.2. The zero-order valence-corrected chi connectivity index (χ0v) is 17.7. The molecule has 7 nitrogen and oxygen atoms in total. The Hall–Kier alpha value is -2.74. The van der Waals surface area contributed by atoms with Gasteiger partial charge in [-0.15, -0.1) is 0 Å². The molecular weight excluding hydrogens is 392 g/mol. The molecule has 0 saturated carbocycles. The number of amides is 1. The number of hydrogen-bond donors (Lipinski definition) is 1. The lowest BCUT2D eigenvalue weighted by Gasteiger charge is -2.25. The van der Waals surface area contributed by atoms with Gasteiger partial charge in [0.05, 0.1) is 11.9 Å². The molecule has 2 aromatic carbocycles. The van der Waals surface area contributed by atoms with Crippen LogP contribution in [-0.2, 0) is 14.8 Å². The van der Waals surface area contributed by atoms with Crippen LogP contribution in [-0.4, -0.2) is 40.3 Å². The number of nitrogens with one attached hydrogen (secondary N) is 1. The van der Waals surface area contributed by atoms with Crippen LogP contribution in [0.4, 0.5) is 11.4 Å². The number of aryl methyl sites for hydroxylation is 2. The van der Waals surface area contributed by atoms with Gasteiger partial charge in [-0.1, -0.05) is 17.7 Å². The fraction of sp³-hybridized carbons (Fsp3) is 0.381. The smallest absolute Gasteiger partial charge is 0.232 e. The van der Waals surface area contributed by atoms with Crippen molar-refractivity contribution in [3.05, 3.63) is 47.5 Å². The number of rotatable bonds is 7. The third kappa shape index (κ3) is 5.41. The monoisotopic (exact) mass is 418 g/mol. The molecule has 0 bridgehead atoms. The molecule has 0 radical (unpaired) electrons. The van der Waals surface area contributed by atoms with Crippen LogP contribution < -0.4 is 19.1 Å². The number of ether oxygens (including phenoxy) is 2. The maximum atomic E-state index is 12.3. The number of carbonyl (C=O) groups is 1. The predicted molar refractivity (Wildman–Crippen MR) is 113 cm³/mol. The van der Waals surface area contributed by atoms with Crippen molar-refractivity contribution in [2.45, 2.75) is 26.7 Å². The average Bonchev–Trinajstić information content (AvgIpc) is 2.66. The molecule has 1 heterocycles.